The summed E-state index contributed by atoms with van der Waals surface area (Å²) < 4.78 is 0. The fraction of sp³-hybridized carbons (Fsp3) is 0.222. The van der Waals surface area contributed by atoms with Gasteiger partial charge in [0.1, 0.15) is 5.75 Å². The maximum absolute atomic E-state index is 10.3. The molecule has 4 nitrogen and oxygen atoms in total. The second-order valence-electron chi connectivity index (χ2n) is 2.72. The zero-order valence-electron chi connectivity index (χ0n) is 6.84. The second kappa shape index (κ2) is 3.91. The number of aliphatic carboxylic acids is 1. The lowest BCUT2D eigenvalue weighted by Crippen LogP contribution is -2.21. The van der Waals surface area contributed by atoms with Crippen LogP contribution < -0.4 is 0 Å². The van der Waals surface area contributed by atoms with E-state index in [1.165, 1.54) is 12.1 Å². The van der Waals surface area contributed by atoms with E-state index in [0.717, 1.165) is 0 Å². The Labute approximate surface area is 75.1 Å². The summed E-state index contributed by atoms with van der Waals surface area (Å²) in [5.74, 6) is -1.12. The Hall–Kier alpha value is -1.55. The topological polar surface area (TPSA) is 77.8 Å². The summed E-state index contributed by atoms with van der Waals surface area (Å²) in [5.41, 5.74) is 0.674. The Bertz CT molecular complexity index is 291. The van der Waals surface area contributed by atoms with E-state index >= 15 is 0 Å². The van der Waals surface area contributed by atoms with Gasteiger partial charge in [0.25, 0.3) is 0 Å². The molecule has 0 aliphatic carbocycles. The number of carboxylic acids is 1. The highest BCUT2D eigenvalue weighted by Gasteiger charge is 2.13. The number of rotatable bonds is 3. The summed E-state index contributed by atoms with van der Waals surface area (Å²) in [6.07, 6.45) is -1.33. The standard InChI is InChI=1S/C9H10O4/c10-7-3-1-6(2-4-7)5-8(11)9(12)13/h1-4,8,10-11H,5H2,(H,12,13)/i1+1,2+1,3+1,4+1,6+1,7+1. The maximum atomic E-state index is 10.3. The molecular weight excluding hydrogens is 178 g/mol. The van der Waals surface area contributed by atoms with Crippen molar-refractivity contribution in [2.45, 2.75) is 12.5 Å². The Morgan fingerprint density at radius 3 is 2.31 bits per heavy atom. The fourth-order valence-electron chi connectivity index (χ4n) is 0.943. The Balaban J connectivity index is 2.64. The molecule has 0 radical (unpaired) electrons. The van der Waals surface area contributed by atoms with Crippen LogP contribution in [0.4, 0.5) is 0 Å². The molecule has 0 aliphatic heterocycles. The highest BCUT2D eigenvalue weighted by atomic mass is 16.4. The van der Waals surface area contributed by atoms with Crippen molar-refractivity contribution < 1.29 is 20.1 Å². The van der Waals surface area contributed by atoms with Crippen LogP contribution >= 0.6 is 0 Å². The molecule has 4 heteroatoms. The summed E-state index contributed by atoms with van der Waals surface area (Å²) in [5, 5.41) is 26.3. The van der Waals surface area contributed by atoms with Crippen LogP contribution in [-0.2, 0) is 11.2 Å². The molecule has 1 atom stereocenters. The van der Waals surface area contributed by atoms with Gasteiger partial charge in [-0.25, -0.2) is 4.79 Å². The van der Waals surface area contributed by atoms with Gasteiger partial charge in [-0.3, -0.25) is 0 Å². The molecule has 0 spiro atoms. The number of aromatic hydroxyl groups is 1. The van der Waals surface area contributed by atoms with Gasteiger partial charge in [-0.1, -0.05) is 12.1 Å². The average Bonchev–Trinajstić information content (AvgIpc) is 2.08. The van der Waals surface area contributed by atoms with Crippen molar-refractivity contribution in [3.8, 4) is 5.75 Å². The van der Waals surface area contributed by atoms with Gasteiger partial charge in [-0.05, 0) is 17.7 Å². The Morgan fingerprint density at radius 1 is 1.31 bits per heavy atom. The predicted octanol–water partition coefficient (Wildman–Crippen LogP) is 0.380. The Morgan fingerprint density at radius 2 is 1.85 bits per heavy atom. The zero-order chi connectivity index (χ0) is 9.84. The lowest BCUT2D eigenvalue weighted by atomic mass is 10.3. The molecule has 0 aliphatic rings. The van der Waals surface area contributed by atoms with Crippen LogP contribution in [0.3, 0.4) is 0 Å². The van der Waals surface area contributed by atoms with Gasteiger partial charge in [-0.15, -0.1) is 0 Å². The van der Waals surface area contributed by atoms with Crippen molar-refractivity contribution >= 4 is 5.97 Å². The quantitative estimate of drug-likeness (QED) is 0.640. The summed E-state index contributed by atoms with van der Waals surface area (Å²) in [6, 6.07) is 6.04. The maximum Gasteiger partial charge on any atom is 0.332 e. The van der Waals surface area contributed by atoms with Crippen molar-refractivity contribution in [2.75, 3.05) is 0 Å². The van der Waals surface area contributed by atoms with Crippen LogP contribution in [0.15, 0.2) is 24.3 Å². The molecule has 1 aromatic carbocycles. The number of hydrogen-bond acceptors (Lipinski definition) is 3. The molecule has 0 amide bonds. The molecule has 1 aromatic rings. The number of aliphatic hydroxyl groups is 1. The number of phenolic OH excluding ortho intramolecular Hbond substituents is 1. The number of aliphatic hydroxyl groups excluding tert-OH is 1. The van der Waals surface area contributed by atoms with E-state index in [4.69, 9.17) is 15.3 Å². The minimum atomic E-state index is -1.38. The van der Waals surface area contributed by atoms with E-state index in [9.17, 15) is 4.79 Å². The first kappa shape index (κ1) is 9.54. The van der Waals surface area contributed by atoms with E-state index in [-0.39, 0.29) is 12.2 Å². The smallest absolute Gasteiger partial charge is 0.332 e. The Kier molecular flexibility index (Phi) is 2.87. The van der Waals surface area contributed by atoms with Gasteiger partial charge < -0.3 is 15.3 Å². The molecule has 0 bridgehead atoms. The lowest BCUT2D eigenvalue weighted by molar-refractivity contribution is -0.146. The average molecular weight is 188 g/mol. The van der Waals surface area contributed by atoms with Gasteiger partial charge >= 0.3 is 5.97 Å². The highest BCUT2D eigenvalue weighted by Crippen LogP contribution is 2.11. The lowest BCUT2D eigenvalue weighted by Gasteiger charge is -2.04. The molecule has 0 saturated carbocycles. The van der Waals surface area contributed by atoms with E-state index < -0.39 is 12.1 Å². The molecule has 1 rings (SSSR count). The number of hydrogen-bond donors (Lipinski definition) is 3. The predicted molar refractivity (Wildman–Crippen MR) is 45.5 cm³/mol. The number of carbonyl (C=O) groups is 1. The van der Waals surface area contributed by atoms with Gasteiger partial charge in [0.15, 0.2) is 6.10 Å². The van der Waals surface area contributed by atoms with E-state index in [0.29, 0.717) is 5.56 Å². The van der Waals surface area contributed by atoms with Crippen molar-refractivity contribution in [2.24, 2.45) is 0 Å². The van der Waals surface area contributed by atoms with Crippen LogP contribution in [0.2, 0.25) is 0 Å². The van der Waals surface area contributed by atoms with Crippen LogP contribution in [0.1, 0.15) is 5.56 Å². The van der Waals surface area contributed by atoms with Gasteiger partial charge in [-0.2, -0.15) is 0 Å². The van der Waals surface area contributed by atoms with Crippen molar-refractivity contribution in [3.63, 3.8) is 0 Å². The summed E-state index contributed by atoms with van der Waals surface area (Å²) in [6.45, 7) is 0. The summed E-state index contributed by atoms with van der Waals surface area (Å²) in [4.78, 5) is 10.3. The van der Waals surface area contributed by atoms with Crippen molar-refractivity contribution in [1.82, 2.24) is 0 Å². The third-order valence-corrected chi connectivity index (χ3v) is 1.65. The molecule has 13 heavy (non-hydrogen) atoms. The van der Waals surface area contributed by atoms with Crippen LogP contribution in [0.25, 0.3) is 0 Å². The molecule has 0 saturated heterocycles. The first-order valence-electron chi connectivity index (χ1n) is 3.78. The van der Waals surface area contributed by atoms with Crippen LogP contribution in [0, 0.1) is 0 Å². The SMILES string of the molecule is O=C(O)C(O)C[13c]1[13cH][13cH][13c](O)[13cH][13cH]1. The van der Waals surface area contributed by atoms with Crippen molar-refractivity contribution in [3.05, 3.63) is 29.8 Å². The van der Waals surface area contributed by atoms with E-state index in [1.54, 1.807) is 12.1 Å². The summed E-state index contributed by atoms with van der Waals surface area (Å²) in [7, 11) is 0. The molecule has 1 unspecified atom stereocenters. The van der Waals surface area contributed by atoms with Crippen LogP contribution in [0.5, 0.6) is 5.75 Å². The number of carboxylic acid groups (broad SMARTS) is 1. The highest BCUT2D eigenvalue weighted by molar-refractivity contribution is 5.72. The zero-order valence-corrected chi connectivity index (χ0v) is 6.84. The van der Waals surface area contributed by atoms with E-state index in [2.05, 4.69) is 0 Å². The largest absolute Gasteiger partial charge is 0.508 e. The first-order chi connectivity index (χ1) is 6.09. The monoisotopic (exact) mass is 188 g/mol. The minimum Gasteiger partial charge on any atom is -0.508 e. The first-order valence-corrected chi connectivity index (χ1v) is 3.78. The molecule has 0 heterocycles. The fourth-order valence-corrected chi connectivity index (χ4v) is 0.943. The third kappa shape index (κ3) is 2.76. The normalized spacial score (nSPS) is 12.4. The van der Waals surface area contributed by atoms with E-state index in [1.807, 2.05) is 0 Å². The molecule has 0 fully saturated rings. The van der Waals surface area contributed by atoms with Gasteiger partial charge in [0, 0.05) is 6.42 Å². The molecule has 3 N–H and O–H groups in total. The van der Waals surface area contributed by atoms with Gasteiger partial charge in [0.2, 0.25) is 0 Å². The van der Waals surface area contributed by atoms with Crippen molar-refractivity contribution in [1.29, 1.82) is 0 Å². The molecule has 0 aromatic heterocycles. The molecular formula is C9H10O4. The third-order valence-electron chi connectivity index (χ3n) is 1.65. The van der Waals surface area contributed by atoms with Gasteiger partial charge in [0.05, 0.1) is 0 Å². The number of phenols is 1. The number of benzene rings is 1. The summed E-state index contributed by atoms with van der Waals surface area (Å²) >= 11 is 0. The van der Waals surface area contributed by atoms with Crippen LogP contribution in [-0.4, -0.2) is 27.4 Å². The second-order valence-corrected chi connectivity index (χ2v) is 2.72. The minimum absolute atomic E-state index is 0.0512. The molecule has 70 valence electrons.